The summed E-state index contributed by atoms with van der Waals surface area (Å²) in [6, 6.07) is 14.8. The Hall–Kier alpha value is -4.74. The molecule has 0 radical (unpaired) electrons. The third-order valence-electron chi connectivity index (χ3n) is 4.81. The van der Waals surface area contributed by atoms with Crippen LogP contribution in [0.3, 0.4) is 0 Å². The Kier molecular flexibility index (Phi) is 6.48. The van der Waals surface area contributed by atoms with Crippen LogP contribution in [-0.4, -0.2) is 58.1 Å². The van der Waals surface area contributed by atoms with Crippen LogP contribution in [0.15, 0.2) is 58.3 Å². The van der Waals surface area contributed by atoms with Crippen molar-refractivity contribution in [3.63, 3.8) is 0 Å². The van der Waals surface area contributed by atoms with Crippen molar-refractivity contribution in [1.29, 1.82) is 0 Å². The second-order valence-corrected chi connectivity index (χ2v) is 7.31. The number of nitrogens with two attached hydrogens (primary N) is 1. The number of carbonyl (C=O) groups is 1. The van der Waals surface area contributed by atoms with Gasteiger partial charge < -0.3 is 15.4 Å². The van der Waals surface area contributed by atoms with Gasteiger partial charge in [0.15, 0.2) is 5.69 Å². The lowest BCUT2D eigenvalue weighted by Gasteiger charge is -2.11. The molecule has 2 aromatic carbocycles. The van der Waals surface area contributed by atoms with Crippen molar-refractivity contribution in [2.24, 2.45) is 5.10 Å². The van der Waals surface area contributed by atoms with E-state index < -0.39 is 5.91 Å². The molecule has 34 heavy (non-hydrogen) atoms. The summed E-state index contributed by atoms with van der Waals surface area (Å²) in [5, 5.41) is 19.5. The third-order valence-corrected chi connectivity index (χ3v) is 4.81. The topological polar surface area (TPSA) is 150 Å². The smallest absolute Gasteiger partial charge is 0.294 e. The number of benzene rings is 2. The van der Waals surface area contributed by atoms with Gasteiger partial charge in [-0.15, -0.1) is 5.10 Å². The van der Waals surface area contributed by atoms with Gasteiger partial charge in [0.1, 0.15) is 11.4 Å². The molecule has 3 N–H and O–H groups in total. The van der Waals surface area contributed by atoms with Crippen LogP contribution >= 0.6 is 0 Å². The number of ether oxygens (including phenoxy) is 1. The minimum absolute atomic E-state index is 0.00300. The van der Waals surface area contributed by atoms with Crippen LogP contribution in [0.2, 0.25) is 0 Å². The van der Waals surface area contributed by atoms with Crippen LogP contribution < -0.4 is 20.8 Å². The number of amides is 1. The summed E-state index contributed by atoms with van der Waals surface area (Å²) >= 11 is 0. The summed E-state index contributed by atoms with van der Waals surface area (Å²) in [6.45, 7) is 2.43. The molecular weight excluding hydrogens is 438 g/mol. The second kappa shape index (κ2) is 9.81. The van der Waals surface area contributed by atoms with Crippen molar-refractivity contribution >= 4 is 23.6 Å². The molecule has 4 aromatic rings. The van der Waals surface area contributed by atoms with Crippen molar-refractivity contribution in [2.75, 3.05) is 31.3 Å². The second-order valence-electron chi connectivity index (χ2n) is 7.31. The number of nitrogens with one attached hydrogen (secondary N) is 1. The SMILES string of the molecule is CCOc1ccc(-c2c(C(=O)N/N=C/c3ccc(N(C)C)cc3)nnn2-c2nonc2N)cc1. The molecular formula is C22H23N9O3. The first-order valence-corrected chi connectivity index (χ1v) is 10.4. The molecule has 2 heterocycles. The van der Waals surface area contributed by atoms with E-state index >= 15 is 0 Å². The highest BCUT2D eigenvalue weighted by Gasteiger charge is 2.25. The minimum atomic E-state index is -0.564. The van der Waals surface area contributed by atoms with Crippen molar-refractivity contribution < 1.29 is 14.2 Å². The maximum absolute atomic E-state index is 12.9. The quantitative estimate of drug-likeness (QED) is 0.297. The monoisotopic (exact) mass is 461 g/mol. The van der Waals surface area contributed by atoms with Gasteiger partial charge in [-0.25, -0.2) is 10.1 Å². The van der Waals surface area contributed by atoms with Crippen molar-refractivity contribution in [1.82, 2.24) is 30.7 Å². The standard InChI is InChI=1S/C22H23N9O3/c1-4-33-17-11-7-15(8-12-17)19-18(25-29-31(19)21-20(23)27-34-28-21)22(32)26-24-13-14-5-9-16(10-6-14)30(2)3/h5-13H,4H2,1-3H3,(H2,23,27)(H,26,32)/b24-13+. The number of anilines is 2. The van der Waals surface area contributed by atoms with Gasteiger partial charge in [0.25, 0.3) is 5.91 Å². The molecule has 0 saturated carbocycles. The van der Waals surface area contributed by atoms with Crippen LogP contribution in [0, 0.1) is 0 Å². The highest BCUT2D eigenvalue weighted by atomic mass is 16.6. The summed E-state index contributed by atoms with van der Waals surface area (Å²) in [6.07, 6.45) is 1.54. The molecule has 1 amide bonds. The fourth-order valence-corrected chi connectivity index (χ4v) is 3.13. The predicted octanol–water partition coefficient (Wildman–Crippen LogP) is 2.13. The van der Waals surface area contributed by atoms with E-state index in [0.29, 0.717) is 23.6 Å². The third kappa shape index (κ3) is 4.70. The zero-order valence-electron chi connectivity index (χ0n) is 18.8. The molecule has 4 rings (SSSR count). The Morgan fingerprint density at radius 2 is 1.91 bits per heavy atom. The van der Waals surface area contributed by atoms with Gasteiger partial charge in [-0.2, -0.15) is 9.78 Å². The summed E-state index contributed by atoms with van der Waals surface area (Å²) in [5.74, 6) is 0.234. The normalized spacial score (nSPS) is 11.0. The fraction of sp³-hybridized carbons (Fsp3) is 0.182. The molecule has 12 nitrogen and oxygen atoms in total. The van der Waals surface area contributed by atoms with Crippen LogP contribution in [0.5, 0.6) is 5.75 Å². The van der Waals surface area contributed by atoms with Crippen molar-refractivity contribution in [2.45, 2.75) is 6.92 Å². The Morgan fingerprint density at radius 1 is 1.18 bits per heavy atom. The van der Waals surface area contributed by atoms with Crippen LogP contribution in [0.25, 0.3) is 17.1 Å². The lowest BCUT2D eigenvalue weighted by molar-refractivity contribution is 0.0950. The lowest BCUT2D eigenvalue weighted by atomic mass is 10.1. The summed E-state index contributed by atoms with van der Waals surface area (Å²) in [4.78, 5) is 14.9. The largest absolute Gasteiger partial charge is 0.494 e. The minimum Gasteiger partial charge on any atom is -0.494 e. The molecule has 0 fully saturated rings. The van der Waals surface area contributed by atoms with Crippen LogP contribution in [-0.2, 0) is 0 Å². The van der Waals surface area contributed by atoms with Gasteiger partial charge >= 0.3 is 0 Å². The highest BCUT2D eigenvalue weighted by Crippen LogP contribution is 2.28. The highest BCUT2D eigenvalue weighted by molar-refractivity contribution is 5.98. The Balaban J connectivity index is 1.62. The number of nitrogens with zero attached hydrogens (tertiary/aromatic N) is 7. The Bertz CT molecular complexity index is 1290. The molecule has 0 atom stereocenters. The van der Waals surface area contributed by atoms with Gasteiger partial charge in [0, 0.05) is 25.3 Å². The van der Waals surface area contributed by atoms with Crippen LogP contribution in [0.4, 0.5) is 11.5 Å². The van der Waals surface area contributed by atoms with Crippen molar-refractivity contribution in [3.05, 3.63) is 59.8 Å². The summed E-state index contributed by atoms with van der Waals surface area (Å²) in [7, 11) is 3.92. The van der Waals surface area contributed by atoms with Gasteiger partial charge in [0.05, 0.1) is 12.8 Å². The number of hydrogen-bond acceptors (Lipinski definition) is 10. The van der Waals surface area contributed by atoms with E-state index in [1.165, 1.54) is 10.9 Å². The van der Waals surface area contributed by atoms with Gasteiger partial charge in [-0.05, 0) is 59.2 Å². The van der Waals surface area contributed by atoms with Crippen molar-refractivity contribution in [3.8, 4) is 22.8 Å². The number of hydrazone groups is 1. The lowest BCUT2D eigenvalue weighted by Crippen LogP contribution is -2.19. The average Bonchev–Trinajstić information content (AvgIpc) is 3.46. The summed E-state index contributed by atoms with van der Waals surface area (Å²) < 4.78 is 11.5. The first-order valence-electron chi connectivity index (χ1n) is 10.4. The Morgan fingerprint density at radius 3 is 2.53 bits per heavy atom. The molecule has 0 unspecified atom stereocenters. The zero-order chi connectivity index (χ0) is 24.1. The predicted molar refractivity (Wildman–Crippen MR) is 126 cm³/mol. The zero-order valence-corrected chi connectivity index (χ0v) is 18.8. The molecule has 0 aliphatic carbocycles. The number of rotatable bonds is 8. The van der Waals surface area contributed by atoms with E-state index in [1.807, 2.05) is 50.2 Å². The first-order chi connectivity index (χ1) is 16.5. The molecule has 0 saturated heterocycles. The molecule has 0 spiro atoms. The number of nitrogen functional groups attached to an aromatic ring is 1. The van der Waals surface area contributed by atoms with E-state index in [9.17, 15) is 4.79 Å². The number of aromatic nitrogens is 5. The van der Waals surface area contributed by atoms with Gasteiger partial charge in [0.2, 0.25) is 11.6 Å². The van der Waals surface area contributed by atoms with E-state index in [0.717, 1.165) is 11.3 Å². The van der Waals surface area contributed by atoms with Gasteiger partial charge in [-0.3, -0.25) is 4.79 Å². The maximum atomic E-state index is 12.9. The van der Waals surface area contributed by atoms with E-state index in [2.05, 4.69) is 35.8 Å². The molecule has 174 valence electrons. The maximum Gasteiger partial charge on any atom is 0.294 e. The summed E-state index contributed by atoms with van der Waals surface area (Å²) in [5.41, 5.74) is 11.2. The first kappa shape index (κ1) is 22.5. The van der Waals surface area contributed by atoms with E-state index in [4.69, 9.17) is 10.5 Å². The average molecular weight is 461 g/mol. The number of hydrogen-bond donors (Lipinski definition) is 2. The van der Waals surface area contributed by atoms with E-state index in [-0.39, 0.29) is 17.3 Å². The molecule has 0 bridgehead atoms. The molecule has 0 aliphatic rings. The molecule has 12 heteroatoms. The fourth-order valence-electron chi connectivity index (χ4n) is 3.13. The van der Waals surface area contributed by atoms with E-state index in [1.54, 1.807) is 24.3 Å². The van der Waals surface area contributed by atoms with Crippen LogP contribution in [0.1, 0.15) is 23.0 Å². The number of carbonyl (C=O) groups excluding carboxylic acids is 1. The molecule has 2 aromatic heterocycles. The Labute approximate surface area is 195 Å². The molecule has 0 aliphatic heterocycles. The van der Waals surface area contributed by atoms with Gasteiger partial charge in [-0.1, -0.05) is 17.3 Å².